The Hall–Kier alpha value is -2.67. The molecule has 0 bridgehead atoms. The molecule has 0 saturated carbocycles. The van der Waals surface area contributed by atoms with E-state index in [1.165, 1.54) is 19.2 Å². The number of methoxy groups -OCH3 is 1. The lowest BCUT2D eigenvalue weighted by atomic mass is 9.95. The van der Waals surface area contributed by atoms with Gasteiger partial charge in [-0.1, -0.05) is 60.7 Å². The lowest BCUT2D eigenvalue weighted by molar-refractivity contribution is 0.414. The monoisotopic (exact) mass is 384 g/mol. The fraction of sp³-hybridized carbons (Fsp3) is 0.143. The van der Waals surface area contributed by atoms with Gasteiger partial charge in [-0.15, -0.1) is 0 Å². The normalized spacial score (nSPS) is 13.7. The molecule has 0 amide bonds. The Morgan fingerprint density at radius 3 is 1.89 bits per heavy atom. The Morgan fingerprint density at radius 2 is 1.37 bits per heavy atom. The van der Waals surface area contributed by atoms with Gasteiger partial charge in [0.25, 0.3) is 0 Å². The highest BCUT2D eigenvalue weighted by molar-refractivity contribution is 7.89. The van der Waals surface area contributed by atoms with Crippen LogP contribution in [0, 0.1) is 0 Å². The second-order valence-electron chi connectivity index (χ2n) is 6.12. The summed E-state index contributed by atoms with van der Waals surface area (Å²) in [5, 5.41) is 0. The van der Waals surface area contributed by atoms with E-state index in [1.807, 2.05) is 60.7 Å². The van der Waals surface area contributed by atoms with Crippen LogP contribution in [0.3, 0.4) is 0 Å². The van der Waals surface area contributed by atoms with Gasteiger partial charge in [0.05, 0.1) is 24.1 Å². The van der Waals surface area contributed by atoms with E-state index in [0.29, 0.717) is 5.75 Å². The minimum absolute atomic E-state index is 0. The third-order valence-electron chi connectivity index (χ3n) is 4.35. The van der Waals surface area contributed by atoms with Gasteiger partial charge in [-0.05, 0) is 35.4 Å². The summed E-state index contributed by atoms with van der Waals surface area (Å²) in [6.07, 6.45) is 0. The van der Waals surface area contributed by atoms with Crippen molar-refractivity contribution in [1.82, 2.24) is 4.72 Å². The number of nitrogens with two attached hydrogens (primary N) is 1. The molecule has 0 fully saturated rings. The maximum atomic E-state index is 12.9. The van der Waals surface area contributed by atoms with Crippen LogP contribution in [-0.2, 0) is 10.0 Å². The van der Waals surface area contributed by atoms with Gasteiger partial charge in [0.15, 0.2) is 0 Å². The third kappa shape index (κ3) is 4.54. The lowest BCUT2D eigenvalue weighted by Gasteiger charge is -2.26. The number of hydrogen-bond donors (Lipinski definition) is 2. The van der Waals surface area contributed by atoms with Gasteiger partial charge >= 0.3 is 0 Å². The largest absolute Gasteiger partial charge is 0.497 e. The van der Waals surface area contributed by atoms with E-state index in [4.69, 9.17) is 10.5 Å². The van der Waals surface area contributed by atoms with Crippen LogP contribution in [0.15, 0.2) is 89.8 Å². The summed E-state index contributed by atoms with van der Waals surface area (Å²) in [5.41, 5.74) is 8.10. The highest BCUT2D eigenvalue weighted by Gasteiger charge is 2.27. The quantitative estimate of drug-likeness (QED) is 0.651. The molecule has 0 radical (unpaired) electrons. The summed E-state index contributed by atoms with van der Waals surface area (Å²) in [7, 11) is -2.24. The Kier molecular flexibility index (Phi) is 5.91. The van der Waals surface area contributed by atoms with Gasteiger partial charge < -0.3 is 10.5 Å². The summed E-state index contributed by atoms with van der Waals surface area (Å²) in [6, 6.07) is 23.9. The smallest absolute Gasteiger partial charge is 0.241 e. The zero-order valence-electron chi connectivity index (χ0n) is 14.9. The summed E-state index contributed by atoms with van der Waals surface area (Å²) >= 11 is 0. The first kappa shape index (κ1) is 19.1. The average molecular weight is 385 g/mol. The summed E-state index contributed by atoms with van der Waals surface area (Å²) in [4.78, 5) is 0.157. The van der Waals surface area contributed by atoms with Gasteiger partial charge in [0.2, 0.25) is 10.0 Å². The Bertz CT molecular complexity index is 966. The summed E-state index contributed by atoms with van der Waals surface area (Å²) in [6.45, 7) is 0. The molecule has 0 heterocycles. The molecular weight excluding hydrogens is 360 g/mol. The fourth-order valence-corrected chi connectivity index (χ4v) is 4.11. The van der Waals surface area contributed by atoms with Crippen LogP contribution in [-0.4, -0.2) is 15.5 Å². The molecule has 5 nitrogen and oxygen atoms in total. The fourth-order valence-electron chi connectivity index (χ4n) is 2.87. The Labute approximate surface area is 161 Å². The second-order valence-corrected chi connectivity index (χ2v) is 7.84. The molecule has 3 rings (SSSR count). The van der Waals surface area contributed by atoms with Crippen molar-refractivity contribution < 1.29 is 14.6 Å². The van der Waals surface area contributed by atoms with E-state index in [-0.39, 0.29) is 6.32 Å². The van der Waals surface area contributed by atoms with Gasteiger partial charge in [0.1, 0.15) is 5.75 Å². The summed E-state index contributed by atoms with van der Waals surface area (Å²) < 4.78 is 33.7. The summed E-state index contributed by atoms with van der Waals surface area (Å²) in [5.74, 6) is 0.592. The zero-order valence-corrected chi connectivity index (χ0v) is 15.8. The molecule has 3 N–H and O–H groups in total. The van der Waals surface area contributed by atoms with Gasteiger partial charge in [-0.3, -0.25) is 0 Å². The molecule has 142 valence electrons. The van der Waals surface area contributed by atoms with Crippen molar-refractivity contribution in [3.8, 4) is 5.75 Å². The number of rotatable bonds is 7. The van der Waals surface area contributed by atoms with Gasteiger partial charge in [-0.25, -0.2) is 13.1 Å². The molecule has 6 heteroatoms. The van der Waals surface area contributed by atoms with E-state index in [9.17, 15) is 8.42 Å². The molecule has 2 atom stereocenters. The van der Waals surface area contributed by atoms with Crippen LogP contribution in [0.1, 0.15) is 24.6 Å². The molecule has 3 aromatic rings. The van der Waals surface area contributed by atoms with Crippen molar-refractivity contribution in [3.63, 3.8) is 0 Å². The Morgan fingerprint density at radius 1 is 0.852 bits per heavy atom. The average Bonchev–Trinajstić information content (AvgIpc) is 2.73. The van der Waals surface area contributed by atoms with Crippen molar-refractivity contribution in [2.24, 2.45) is 5.73 Å². The lowest BCUT2D eigenvalue weighted by Crippen LogP contribution is -2.36. The molecule has 27 heavy (non-hydrogen) atoms. The van der Waals surface area contributed by atoms with Crippen molar-refractivity contribution in [2.75, 3.05) is 7.11 Å². The van der Waals surface area contributed by atoms with Crippen LogP contribution in [0.4, 0.5) is 0 Å². The highest BCUT2D eigenvalue weighted by Crippen LogP contribution is 2.29. The van der Waals surface area contributed by atoms with Crippen LogP contribution in [0.5, 0.6) is 5.75 Å². The van der Waals surface area contributed by atoms with Crippen LogP contribution in [0.2, 0.25) is 0 Å². The number of nitrogens with one attached hydrogen (secondary N) is 1. The first-order valence-electron chi connectivity index (χ1n) is 8.53. The predicted octanol–water partition coefficient (Wildman–Crippen LogP) is 3.66. The molecule has 0 unspecified atom stereocenters. The van der Waals surface area contributed by atoms with Crippen molar-refractivity contribution in [1.29, 1.82) is 0 Å². The number of ether oxygens (including phenoxy) is 1. The van der Waals surface area contributed by atoms with Crippen molar-refractivity contribution >= 4 is 10.0 Å². The molecule has 0 saturated heterocycles. The first-order chi connectivity index (χ1) is 13.0. The van der Waals surface area contributed by atoms with E-state index in [0.717, 1.165) is 11.1 Å². The maximum Gasteiger partial charge on any atom is 0.241 e. The number of hydrogen-bond acceptors (Lipinski definition) is 4. The zero-order chi connectivity index (χ0) is 19.3. The van der Waals surface area contributed by atoms with Crippen LogP contribution in [0.25, 0.3) is 0 Å². The molecule has 0 aromatic heterocycles. The molecule has 3 aromatic carbocycles. The second kappa shape index (κ2) is 8.35. The molecule has 0 aliphatic carbocycles. The van der Waals surface area contributed by atoms with Crippen LogP contribution < -0.4 is 15.2 Å². The maximum absolute atomic E-state index is 12.9. The minimum Gasteiger partial charge on any atom is -0.497 e. The third-order valence-corrected chi connectivity index (χ3v) is 5.81. The minimum atomic E-state index is -3.77. The molecule has 0 aliphatic rings. The van der Waals surface area contributed by atoms with Crippen molar-refractivity contribution in [3.05, 3.63) is 96.1 Å². The highest BCUT2D eigenvalue weighted by atomic mass is 32.2. The topological polar surface area (TPSA) is 81.4 Å². The SMILES string of the molecule is COc1ccc(S(=O)(=O)N[C@@H](c2ccccc2)[C@@H](N)c2ccccc2)cc1.[HH]. The predicted molar refractivity (Wildman–Crippen MR) is 108 cm³/mol. The van der Waals surface area contributed by atoms with Gasteiger partial charge in [-0.2, -0.15) is 0 Å². The van der Waals surface area contributed by atoms with E-state index >= 15 is 0 Å². The number of benzene rings is 3. The van der Waals surface area contributed by atoms with E-state index in [1.54, 1.807) is 12.1 Å². The number of sulfonamides is 1. The first-order valence-corrected chi connectivity index (χ1v) is 10.0. The van der Waals surface area contributed by atoms with Gasteiger partial charge in [0, 0.05) is 1.43 Å². The molecule has 0 aliphatic heterocycles. The Balaban J connectivity index is 0.00000280. The standard InChI is InChI=1S/C21H22N2O3S.H2/c1-26-18-12-14-19(15-13-18)27(24,25)23-21(17-10-6-3-7-11-17)20(22)16-8-4-2-5-9-16;/h2-15,20-21,23H,22H2,1H3;1H/t20-,21-;/m0./s1. The molecule has 0 spiro atoms. The molecular formula is C21H24N2O3S. The van der Waals surface area contributed by atoms with Crippen molar-refractivity contribution in [2.45, 2.75) is 17.0 Å². The van der Waals surface area contributed by atoms with E-state index in [2.05, 4.69) is 4.72 Å². The van der Waals surface area contributed by atoms with E-state index < -0.39 is 22.1 Å². The van der Waals surface area contributed by atoms with Crippen LogP contribution >= 0.6 is 0 Å².